The van der Waals surface area contributed by atoms with E-state index in [0.29, 0.717) is 17.9 Å². The summed E-state index contributed by atoms with van der Waals surface area (Å²) in [6.07, 6.45) is 6.26. The Labute approximate surface area is 119 Å². The lowest BCUT2D eigenvalue weighted by atomic mass is 9.81. The van der Waals surface area contributed by atoms with Gasteiger partial charge in [-0.3, -0.25) is 0 Å². The molecule has 1 fully saturated rings. The number of benzene rings is 1. The Bertz CT molecular complexity index is 432. The maximum absolute atomic E-state index is 13.7. The lowest BCUT2D eigenvalue weighted by molar-refractivity contribution is 0.0177. The van der Waals surface area contributed by atoms with E-state index in [0.717, 1.165) is 18.9 Å². The van der Waals surface area contributed by atoms with Gasteiger partial charge in [-0.05, 0) is 36.8 Å². The Morgan fingerprint density at radius 2 is 1.95 bits per heavy atom. The van der Waals surface area contributed by atoms with Gasteiger partial charge in [-0.15, -0.1) is 0 Å². The van der Waals surface area contributed by atoms with Crippen LogP contribution in [-0.2, 0) is 11.2 Å². The van der Waals surface area contributed by atoms with Crippen LogP contribution in [-0.4, -0.2) is 19.3 Å². The molecule has 2 atom stereocenters. The lowest BCUT2D eigenvalue weighted by Crippen LogP contribution is -2.43. The quantitative estimate of drug-likeness (QED) is 0.898. The van der Waals surface area contributed by atoms with E-state index in [2.05, 4.69) is 0 Å². The van der Waals surface area contributed by atoms with Crippen LogP contribution in [0.15, 0.2) is 18.2 Å². The van der Waals surface area contributed by atoms with Crippen molar-refractivity contribution < 1.29 is 13.5 Å². The van der Waals surface area contributed by atoms with Crippen LogP contribution in [0, 0.1) is 17.6 Å². The first kappa shape index (κ1) is 15.4. The fourth-order valence-electron chi connectivity index (χ4n) is 3.24. The molecule has 0 aromatic heterocycles. The van der Waals surface area contributed by atoms with Gasteiger partial charge in [-0.1, -0.05) is 25.3 Å². The monoisotopic (exact) mass is 283 g/mol. The van der Waals surface area contributed by atoms with E-state index >= 15 is 0 Å². The summed E-state index contributed by atoms with van der Waals surface area (Å²) in [5.41, 5.74) is 6.67. The molecular formula is C16H23F2NO. The van der Waals surface area contributed by atoms with Gasteiger partial charge in [-0.2, -0.15) is 0 Å². The van der Waals surface area contributed by atoms with Gasteiger partial charge in [0.25, 0.3) is 0 Å². The average Bonchev–Trinajstić information content (AvgIpc) is 2.44. The van der Waals surface area contributed by atoms with Gasteiger partial charge in [0.15, 0.2) is 0 Å². The minimum Gasteiger partial charge on any atom is -0.380 e. The average molecular weight is 283 g/mol. The SMILES string of the molecule is COC(C(N)Cc1ccc(F)cc1F)C1CCCCC1. The number of rotatable bonds is 5. The molecule has 2 unspecified atom stereocenters. The van der Waals surface area contributed by atoms with E-state index in [4.69, 9.17) is 10.5 Å². The number of methoxy groups -OCH3 is 1. The van der Waals surface area contributed by atoms with E-state index in [1.165, 1.54) is 31.4 Å². The summed E-state index contributed by atoms with van der Waals surface area (Å²) in [4.78, 5) is 0. The molecule has 4 heteroatoms. The molecule has 0 saturated heterocycles. The molecule has 2 nitrogen and oxygen atoms in total. The molecule has 0 spiro atoms. The second-order valence-corrected chi connectivity index (χ2v) is 5.70. The fraction of sp³-hybridized carbons (Fsp3) is 0.625. The van der Waals surface area contributed by atoms with Crippen molar-refractivity contribution in [1.29, 1.82) is 0 Å². The molecule has 0 radical (unpaired) electrons. The van der Waals surface area contributed by atoms with E-state index in [-0.39, 0.29) is 12.1 Å². The van der Waals surface area contributed by atoms with Crippen LogP contribution < -0.4 is 5.73 Å². The van der Waals surface area contributed by atoms with Crippen LogP contribution in [0.4, 0.5) is 8.78 Å². The molecule has 0 heterocycles. The third-order valence-electron chi connectivity index (χ3n) is 4.28. The standard InChI is InChI=1S/C16H23F2NO/c1-20-16(11-5-3-2-4-6-11)15(19)9-12-7-8-13(17)10-14(12)18/h7-8,10-11,15-16H,2-6,9,19H2,1H3. The molecule has 0 amide bonds. The Hall–Kier alpha value is -1.00. The maximum atomic E-state index is 13.7. The minimum atomic E-state index is -0.560. The van der Waals surface area contributed by atoms with Gasteiger partial charge in [0.1, 0.15) is 11.6 Å². The summed E-state index contributed by atoms with van der Waals surface area (Å²) >= 11 is 0. The zero-order valence-corrected chi connectivity index (χ0v) is 11.9. The van der Waals surface area contributed by atoms with Crippen molar-refractivity contribution in [2.24, 2.45) is 11.7 Å². The van der Waals surface area contributed by atoms with Crippen molar-refractivity contribution in [2.75, 3.05) is 7.11 Å². The van der Waals surface area contributed by atoms with Crippen LogP contribution in [0.1, 0.15) is 37.7 Å². The normalized spacial score (nSPS) is 19.8. The highest BCUT2D eigenvalue weighted by atomic mass is 19.1. The first-order valence-corrected chi connectivity index (χ1v) is 7.34. The molecule has 1 aromatic carbocycles. The topological polar surface area (TPSA) is 35.2 Å². The molecule has 112 valence electrons. The maximum Gasteiger partial charge on any atom is 0.129 e. The largest absolute Gasteiger partial charge is 0.380 e. The molecule has 2 N–H and O–H groups in total. The molecule has 0 bridgehead atoms. The molecule has 1 aliphatic rings. The lowest BCUT2D eigenvalue weighted by Gasteiger charge is -2.33. The van der Waals surface area contributed by atoms with E-state index in [1.807, 2.05) is 0 Å². The Kier molecular flexibility index (Phi) is 5.49. The number of hydrogen-bond donors (Lipinski definition) is 1. The van der Waals surface area contributed by atoms with E-state index in [1.54, 1.807) is 7.11 Å². The van der Waals surface area contributed by atoms with Crippen molar-refractivity contribution in [2.45, 2.75) is 50.7 Å². The zero-order valence-electron chi connectivity index (χ0n) is 11.9. The molecule has 1 aromatic rings. The summed E-state index contributed by atoms with van der Waals surface area (Å²) < 4.78 is 32.2. The Balaban J connectivity index is 2.02. The molecular weight excluding hydrogens is 260 g/mol. The van der Waals surface area contributed by atoms with Gasteiger partial charge in [0.05, 0.1) is 6.10 Å². The van der Waals surface area contributed by atoms with Crippen LogP contribution in [0.25, 0.3) is 0 Å². The van der Waals surface area contributed by atoms with Crippen LogP contribution in [0.3, 0.4) is 0 Å². The van der Waals surface area contributed by atoms with Crippen molar-refractivity contribution in [3.8, 4) is 0 Å². The Morgan fingerprint density at radius 3 is 2.55 bits per heavy atom. The highest BCUT2D eigenvalue weighted by Crippen LogP contribution is 2.29. The predicted molar refractivity (Wildman–Crippen MR) is 75.4 cm³/mol. The third-order valence-corrected chi connectivity index (χ3v) is 4.28. The first-order chi connectivity index (χ1) is 9.61. The second kappa shape index (κ2) is 7.14. The molecule has 1 aliphatic carbocycles. The first-order valence-electron chi connectivity index (χ1n) is 7.34. The van der Waals surface area contributed by atoms with Gasteiger partial charge < -0.3 is 10.5 Å². The number of nitrogens with two attached hydrogens (primary N) is 1. The van der Waals surface area contributed by atoms with Crippen LogP contribution >= 0.6 is 0 Å². The summed E-state index contributed by atoms with van der Waals surface area (Å²) in [5, 5.41) is 0. The van der Waals surface area contributed by atoms with Crippen molar-refractivity contribution in [1.82, 2.24) is 0 Å². The summed E-state index contributed by atoms with van der Waals surface area (Å²) in [6, 6.07) is 3.39. The van der Waals surface area contributed by atoms with Crippen molar-refractivity contribution in [3.63, 3.8) is 0 Å². The van der Waals surface area contributed by atoms with Crippen LogP contribution in [0.5, 0.6) is 0 Å². The van der Waals surface area contributed by atoms with E-state index < -0.39 is 11.6 Å². The fourth-order valence-corrected chi connectivity index (χ4v) is 3.24. The van der Waals surface area contributed by atoms with Crippen LogP contribution in [0.2, 0.25) is 0 Å². The minimum absolute atomic E-state index is 0.0558. The molecule has 2 rings (SSSR count). The van der Waals surface area contributed by atoms with Crippen molar-refractivity contribution in [3.05, 3.63) is 35.4 Å². The van der Waals surface area contributed by atoms with Gasteiger partial charge in [0.2, 0.25) is 0 Å². The smallest absolute Gasteiger partial charge is 0.129 e. The number of ether oxygens (including phenoxy) is 1. The Morgan fingerprint density at radius 1 is 1.25 bits per heavy atom. The summed E-state index contributed by atoms with van der Waals surface area (Å²) in [7, 11) is 1.67. The molecule has 1 saturated carbocycles. The van der Waals surface area contributed by atoms with Gasteiger partial charge >= 0.3 is 0 Å². The number of halogens is 2. The summed E-state index contributed by atoms with van der Waals surface area (Å²) in [5.74, 6) is -0.637. The second-order valence-electron chi connectivity index (χ2n) is 5.70. The predicted octanol–water partition coefficient (Wildman–Crippen LogP) is 3.43. The van der Waals surface area contributed by atoms with E-state index in [9.17, 15) is 8.78 Å². The highest BCUT2D eigenvalue weighted by Gasteiger charge is 2.29. The summed E-state index contributed by atoms with van der Waals surface area (Å²) in [6.45, 7) is 0. The highest BCUT2D eigenvalue weighted by molar-refractivity contribution is 5.20. The van der Waals surface area contributed by atoms with Crippen molar-refractivity contribution >= 4 is 0 Å². The third kappa shape index (κ3) is 3.76. The van der Waals surface area contributed by atoms with Gasteiger partial charge in [0, 0.05) is 19.2 Å². The number of hydrogen-bond acceptors (Lipinski definition) is 2. The molecule has 0 aliphatic heterocycles. The molecule has 20 heavy (non-hydrogen) atoms. The van der Waals surface area contributed by atoms with Gasteiger partial charge in [-0.25, -0.2) is 8.78 Å². The zero-order chi connectivity index (χ0) is 14.5.